The van der Waals surface area contributed by atoms with E-state index in [1.807, 2.05) is 51.1 Å². The number of aryl methyl sites for hydroxylation is 3. The number of nitrogens with one attached hydrogen (secondary N) is 1. The number of carbonyl (C=O) groups excluding carboxylic acids is 2. The van der Waals surface area contributed by atoms with Crippen LogP contribution in [0, 0.1) is 20.8 Å². The summed E-state index contributed by atoms with van der Waals surface area (Å²) >= 11 is 0. The van der Waals surface area contributed by atoms with Gasteiger partial charge in [0.2, 0.25) is 0 Å². The molecule has 2 aromatic rings. The van der Waals surface area contributed by atoms with Gasteiger partial charge in [-0.15, -0.1) is 0 Å². The standard InChI is InChI=1S/C20H21NO3/c1-13-5-8-16(9-6-13)19(22)12-18(20(23)24-4)21-17-10-7-14(2)11-15(17)3/h5-12,21H,1-4H3. The van der Waals surface area contributed by atoms with E-state index in [9.17, 15) is 9.59 Å². The second kappa shape index (κ2) is 7.59. The van der Waals surface area contributed by atoms with Gasteiger partial charge in [0.15, 0.2) is 5.78 Å². The first-order valence-electron chi connectivity index (χ1n) is 7.66. The summed E-state index contributed by atoms with van der Waals surface area (Å²) in [5.74, 6) is -0.844. The van der Waals surface area contributed by atoms with Gasteiger partial charge in [-0.25, -0.2) is 4.79 Å². The molecule has 0 radical (unpaired) electrons. The largest absolute Gasteiger partial charge is 0.464 e. The van der Waals surface area contributed by atoms with Crippen LogP contribution >= 0.6 is 0 Å². The summed E-state index contributed by atoms with van der Waals surface area (Å²) in [6, 6.07) is 13.0. The van der Waals surface area contributed by atoms with Gasteiger partial charge in [0, 0.05) is 17.3 Å². The monoisotopic (exact) mass is 323 g/mol. The molecule has 2 rings (SSSR count). The number of rotatable bonds is 5. The van der Waals surface area contributed by atoms with Crippen molar-refractivity contribution in [3.8, 4) is 0 Å². The van der Waals surface area contributed by atoms with E-state index >= 15 is 0 Å². The summed E-state index contributed by atoms with van der Waals surface area (Å²) in [6.45, 7) is 5.88. The Balaban J connectivity index is 2.32. The smallest absolute Gasteiger partial charge is 0.354 e. The van der Waals surface area contributed by atoms with Crippen LogP contribution in [0.5, 0.6) is 0 Å². The van der Waals surface area contributed by atoms with Crippen LogP contribution in [0.3, 0.4) is 0 Å². The molecule has 0 amide bonds. The topological polar surface area (TPSA) is 55.4 Å². The van der Waals surface area contributed by atoms with Gasteiger partial charge in [-0.3, -0.25) is 4.79 Å². The Morgan fingerprint density at radius 3 is 2.17 bits per heavy atom. The number of carbonyl (C=O) groups is 2. The van der Waals surface area contributed by atoms with Gasteiger partial charge in [-0.1, -0.05) is 47.5 Å². The molecule has 0 aliphatic heterocycles. The van der Waals surface area contributed by atoms with Crippen molar-refractivity contribution in [2.24, 2.45) is 0 Å². The van der Waals surface area contributed by atoms with Crippen LogP contribution in [0.4, 0.5) is 5.69 Å². The molecule has 0 fully saturated rings. The van der Waals surface area contributed by atoms with Gasteiger partial charge < -0.3 is 10.1 Å². The number of benzene rings is 2. The van der Waals surface area contributed by atoms with Gasteiger partial charge in [0.1, 0.15) is 5.70 Å². The van der Waals surface area contributed by atoms with Gasteiger partial charge in [0.25, 0.3) is 0 Å². The van der Waals surface area contributed by atoms with Crippen molar-refractivity contribution in [3.63, 3.8) is 0 Å². The molecule has 0 atom stereocenters. The molecule has 0 aromatic heterocycles. The molecule has 0 bridgehead atoms. The summed E-state index contributed by atoms with van der Waals surface area (Å²) < 4.78 is 4.78. The van der Waals surface area contributed by atoms with E-state index in [1.54, 1.807) is 12.1 Å². The number of allylic oxidation sites excluding steroid dienone is 1. The molecule has 0 heterocycles. The summed E-state index contributed by atoms with van der Waals surface area (Å²) in [6.07, 6.45) is 1.27. The molecule has 2 aromatic carbocycles. The van der Waals surface area contributed by atoms with Crippen molar-refractivity contribution >= 4 is 17.4 Å². The van der Waals surface area contributed by atoms with E-state index in [-0.39, 0.29) is 11.5 Å². The molecule has 124 valence electrons. The maximum Gasteiger partial charge on any atom is 0.354 e. The maximum absolute atomic E-state index is 12.4. The second-order valence-electron chi connectivity index (χ2n) is 5.72. The van der Waals surface area contributed by atoms with E-state index in [4.69, 9.17) is 4.74 Å². The third kappa shape index (κ3) is 4.32. The van der Waals surface area contributed by atoms with Crippen LogP contribution < -0.4 is 5.32 Å². The highest BCUT2D eigenvalue weighted by Crippen LogP contribution is 2.19. The third-order valence-electron chi connectivity index (χ3n) is 3.67. The molecular formula is C20H21NO3. The molecule has 0 saturated heterocycles. The third-order valence-corrected chi connectivity index (χ3v) is 3.67. The van der Waals surface area contributed by atoms with Crippen LogP contribution in [-0.4, -0.2) is 18.9 Å². The molecule has 1 N–H and O–H groups in total. The Labute approximate surface area is 142 Å². The zero-order valence-electron chi connectivity index (χ0n) is 14.3. The first kappa shape index (κ1) is 17.5. The van der Waals surface area contributed by atoms with Crippen molar-refractivity contribution in [1.29, 1.82) is 0 Å². The minimum Gasteiger partial charge on any atom is -0.464 e. The lowest BCUT2D eigenvalue weighted by Gasteiger charge is -2.12. The number of ketones is 1. The lowest BCUT2D eigenvalue weighted by atomic mass is 10.1. The number of esters is 1. The molecule has 4 nitrogen and oxygen atoms in total. The first-order chi connectivity index (χ1) is 11.4. The van der Waals surface area contributed by atoms with Crippen molar-refractivity contribution in [1.82, 2.24) is 0 Å². The SMILES string of the molecule is COC(=O)C(=CC(=O)c1ccc(C)cc1)Nc1ccc(C)cc1C. The predicted molar refractivity (Wildman–Crippen MR) is 95.1 cm³/mol. The first-order valence-corrected chi connectivity index (χ1v) is 7.66. The van der Waals surface area contributed by atoms with Crippen LogP contribution in [0.1, 0.15) is 27.0 Å². The van der Waals surface area contributed by atoms with E-state index in [2.05, 4.69) is 5.32 Å². The normalized spacial score (nSPS) is 11.1. The Kier molecular flexibility index (Phi) is 5.53. The highest BCUT2D eigenvalue weighted by molar-refractivity contribution is 6.09. The minimum absolute atomic E-state index is 0.107. The number of methoxy groups -OCH3 is 1. The highest BCUT2D eigenvalue weighted by atomic mass is 16.5. The van der Waals surface area contributed by atoms with Gasteiger partial charge in [-0.2, -0.15) is 0 Å². The highest BCUT2D eigenvalue weighted by Gasteiger charge is 2.14. The molecule has 0 unspecified atom stereocenters. The number of anilines is 1. The molecule has 0 aliphatic rings. The van der Waals surface area contributed by atoms with Gasteiger partial charge >= 0.3 is 5.97 Å². The molecule has 0 saturated carbocycles. The Bertz CT molecular complexity index is 789. The fourth-order valence-electron chi connectivity index (χ4n) is 2.29. The summed E-state index contributed by atoms with van der Waals surface area (Å²) in [4.78, 5) is 24.4. The predicted octanol–water partition coefficient (Wildman–Crippen LogP) is 3.96. The summed E-state index contributed by atoms with van der Waals surface area (Å²) in [5.41, 5.74) is 4.55. The average molecular weight is 323 g/mol. The van der Waals surface area contributed by atoms with Crippen LogP contribution in [-0.2, 0) is 9.53 Å². The Morgan fingerprint density at radius 1 is 0.958 bits per heavy atom. The fourth-order valence-corrected chi connectivity index (χ4v) is 2.29. The van der Waals surface area contributed by atoms with E-state index in [0.29, 0.717) is 5.56 Å². The fraction of sp³-hybridized carbons (Fsp3) is 0.200. The van der Waals surface area contributed by atoms with Crippen molar-refractivity contribution in [3.05, 3.63) is 76.5 Å². The molecule has 0 aliphatic carbocycles. The minimum atomic E-state index is -0.588. The number of hydrogen-bond donors (Lipinski definition) is 1. The zero-order valence-corrected chi connectivity index (χ0v) is 14.3. The number of hydrogen-bond acceptors (Lipinski definition) is 4. The second-order valence-corrected chi connectivity index (χ2v) is 5.72. The number of ether oxygens (including phenoxy) is 1. The van der Waals surface area contributed by atoms with Gasteiger partial charge in [-0.05, 0) is 32.4 Å². The van der Waals surface area contributed by atoms with E-state index < -0.39 is 5.97 Å². The lowest BCUT2D eigenvalue weighted by molar-refractivity contribution is -0.135. The van der Waals surface area contributed by atoms with Crippen LogP contribution in [0.15, 0.2) is 54.2 Å². The van der Waals surface area contributed by atoms with Crippen molar-refractivity contribution < 1.29 is 14.3 Å². The molecule has 4 heteroatoms. The quantitative estimate of drug-likeness (QED) is 0.514. The van der Waals surface area contributed by atoms with Crippen LogP contribution in [0.25, 0.3) is 0 Å². The Morgan fingerprint density at radius 2 is 1.58 bits per heavy atom. The zero-order chi connectivity index (χ0) is 17.7. The maximum atomic E-state index is 12.4. The lowest BCUT2D eigenvalue weighted by Crippen LogP contribution is -2.15. The van der Waals surface area contributed by atoms with Crippen molar-refractivity contribution in [2.45, 2.75) is 20.8 Å². The molecular weight excluding hydrogens is 302 g/mol. The van der Waals surface area contributed by atoms with Gasteiger partial charge in [0.05, 0.1) is 7.11 Å². The van der Waals surface area contributed by atoms with Crippen LogP contribution in [0.2, 0.25) is 0 Å². The molecule has 24 heavy (non-hydrogen) atoms. The molecule has 0 spiro atoms. The summed E-state index contributed by atoms with van der Waals surface area (Å²) in [7, 11) is 1.29. The Hall–Kier alpha value is -2.88. The van der Waals surface area contributed by atoms with E-state index in [1.165, 1.54) is 13.2 Å². The average Bonchev–Trinajstić information content (AvgIpc) is 2.56. The summed E-state index contributed by atoms with van der Waals surface area (Å²) in [5, 5.41) is 3.00. The van der Waals surface area contributed by atoms with Crippen molar-refractivity contribution in [2.75, 3.05) is 12.4 Å². The van der Waals surface area contributed by atoms with E-state index in [0.717, 1.165) is 22.4 Å².